The van der Waals surface area contributed by atoms with Crippen molar-refractivity contribution in [2.24, 2.45) is 0 Å². The maximum atomic E-state index is 11.5. The van der Waals surface area contributed by atoms with Gasteiger partial charge in [0, 0.05) is 24.9 Å². The third kappa shape index (κ3) is 5.27. The molecule has 0 saturated carbocycles. The Morgan fingerprint density at radius 2 is 2.12 bits per heavy atom. The van der Waals surface area contributed by atoms with Gasteiger partial charge >= 0.3 is 0 Å². The lowest BCUT2D eigenvalue weighted by Gasteiger charge is -2.28. The van der Waals surface area contributed by atoms with Crippen molar-refractivity contribution >= 4 is 9.84 Å². The van der Waals surface area contributed by atoms with Crippen LogP contribution < -0.4 is 5.32 Å². The van der Waals surface area contributed by atoms with Gasteiger partial charge in [0.05, 0.1) is 11.9 Å². The van der Waals surface area contributed by atoms with Crippen molar-refractivity contribution in [3.8, 4) is 0 Å². The number of ether oxygens (including phenoxy) is 1. The van der Waals surface area contributed by atoms with Crippen LogP contribution in [-0.4, -0.2) is 45.2 Å². The molecule has 1 N–H and O–H groups in total. The lowest BCUT2D eigenvalue weighted by atomic mass is 10.0. The minimum Gasteiger partial charge on any atom is -0.378 e. The molecule has 1 fully saturated rings. The molecule has 1 rings (SSSR count). The van der Waals surface area contributed by atoms with Crippen LogP contribution in [0.2, 0.25) is 0 Å². The molecule has 0 bridgehead atoms. The van der Waals surface area contributed by atoms with Crippen LogP contribution in [0.15, 0.2) is 0 Å². The highest BCUT2D eigenvalue weighted by Crippen LogP contribution is 2.12. The van der Waals surface area contributed by atoms with Crippen LogP contribution in [0.3, 0.4) is 0 Å². The largest absolute Gasteiger partial charge is 0.378 e. The Balaban J connectivity index is 2.19. The second-order valence-corrected chi connectivity index (χ2v) is 6.81. The molecule has 16 heavy (non-hydrogen) atoms. The summed E-state index contributed by atoms with van der Waals surface area (Å²) in [7, 11) is -2.84. The molecule has 0 aliphatic carbocycles. The fraction of sp³-hybridized carbons (Fsp3) is 1.00. The summed E-state index contributed by atoms with van der Waals surface area (Å²) in [4.78, 5) is 0. The Morgan fingerprint density at radius 3 is 2.75 bits per heavy atom. The van der Waals surface area contributed by atoms with Crippen molar-refractivity contribution in [1.29, 1.82) is 0 Å². The fourth-order valence-corrected chi connectivity index (χ4v) is 3.27. The van der Waals surface area contributed by atoms with Gasteiger partial charge in [-0.1, -0.05) is 6.92 Å². The number of sulfone groups is 1. The van der Waals surface area contributed by atoms with Gasteiger partial charge in [-0.2, -0.15) is 0 Å². The molecule has 0 aromatic rings. The highest BCUT2D eigenvalue weighted by molar-refractivity contribution is 7.91. The average Bonchev–Trinajstić information content (AvgIpc) is 2.17. The molecule has 0 aromatic carbocycles. The molecule has 1 aliphatic heterocycles. The molecular weight excluding hydrogens is 226 g/mol. The zero-order valence-corrected chi connectivity index (χ0v) is 11.1. The van der Waals surface area contributed by atoms with Crippen LogP contribution in [0.4, 0.5) is 0 Å². The SMILES string of the molecule is CCCS(=O)(=O)CCNC1CCOC(C)C1. The van der Waals surface area contributed by atoms with E-state index in [0.29, 0.717) is 30.9 Å². The molecule has 1 saturated heterocycles. The first kappa shape index (κ1) is 13.9. The van der Waals surface area contributed by atoms with Gasteiger partial charge in [-0.3, -0.25) is 0 Å². The first-order chi connectivity index (χ1) is 7.53. The van der Waals surface area contributed by atoms with Gasteiger partial charge in [0.2, 0.25) is 0 Å². The molecule has 4 nitrogen and oxygen atoms in total. The second-order valence-electron chi connectivity index (χ2n) is 4.51. The quantitative estimate of drug-likeness (QED) is 0.762. The summed E-state index contributed by atoms with van der Waals surface area (Å²) in [5, 5.41) is 3.31. The zero-order valence-electron chi connectivity index (χ0n) is 10.2. The fourth-order valence-electron chi connectivity index (χ4n) is 2.02. The smallest absolute Gasteiger partial charge is 0.151 e. The van der Waals surface area contributed by atoms with E-state index in [0.717, 1.165) is 19.4 Å². The van der Waals surface area contributed by atoms with E-state index in [1.54, 1.807) is 0 Å². The summed E-state index contributed by atoms with van der Waals surface area (Å²) in [6.45, 7) is 5.30. The van der Waals surface area contributed by atoms with Gasteiger partial charge in [-0.15, -0.1) is 0 Å². The van der Waals surface area contributed by atoms with Crippen molar-refractivity contribution in [2.45, 2.75) is 45.3 Å². The molecule has 5 heteroatoms. The van der Waals surface area contributed by atoms with Crippen LogP contribution >= 0.6 is 0 Å². The summed E-state index contributed by atoms with van der Waals surface area (Å²) in [6, 6.07) is 0.417. The molecule has 0 radical (unpaired) electrons. The summed E-state index contributed by atoms with van der Waals surface area (Å²) in [6.07, 6.45) is 2.96. The first-order valence-corrected chi connectivity index (χ1v) is 7.91. The minimum absolute atomic E-state index is 0.257. The van der Waals surface area contributed by atoms with E-state index in [1.807, 2.05) is 6.92 Å². The van der Waals surface area contributed by atoms with Crippen molar-refractivity contribution in [2.75, 3.05) is 24.7 Å². The van der Waals surface area contributed by atoms with Gasteiger partial charge in [0.15, 0.2) is 9.84 Å². The molecule has 1 aliphatic rings. The normalized spacial score (nSPS) is 26.9. The van der Waals surface area contributed by atoms with Gasteiger partial charge < -0.3 is 10.1 Å². The maximum Gasteiger partial charge on any atom is 0.151 e. The monoisotopic (exact) mass is 249 g/mol. The first-order valence-electron chi connectivity index (χ1n) is 6.09. The highest BCUT2D eigenvalue weighted by Gasteiger charge is 2.19. The van der Waals surface area contributed by atoms with Crippen LogP contribution in [0.5, 0.6) is 0 Å². The predicted octanol–water partition coefficient (Wildman–Crippen LogP) is 0.968. The number of hydrogen-bond donors (Lipinski definition) is 1. The van der Waals surface area contributed by atoms with Crippen LogP contribution in [0.1, 0.15) is 33.1 Å². The Morgan fingerprint density at radius 1 is 1.38 bits per heavy atom. The summed E-state index contributed by atoms with van der Waals surface area (Å²) in [5.41, 5.74) is 0. The van der Waals surface area contributed by atoms with Gasteiger partial charge in [0.1, 0.15) is 0 Å². The average molecular weight is 249 g/mol. The van der Waals surface area contributed by atoms with Crippen LogP contribution in [-0.2, 0) is 14.6 Å². The van der Waals surface area contributed by atoms with E-state index in [9.17, 15) is 8.42 Å². The third-order valence-corrected chi connectivity index (χ3v) is 4.70. The van der Waals surface area contributed by atoms with Crippen molar-refractivity contribution in [3.05, 3.63) is 0 Å². The summed E-state index contributed by atoms with van der Waals surface area (Å²) < 4.78 is 28.4. The lowest BCUT2D eigenvalue weighted by Crippen LogP contribution is -2.40. The van der Waals surface area contributed by atoms with E-state index in [2.05, 4.69) is 12.2 Å². The molecule has 2 unspecified atom stereocenters. The number of nitrogens with one attached hydrogen (secondary N) is 1. The predicted molar refractivity (Wildman–Crippen MR) is 65.4 cm³/mol. The number of hydrogen-bond acceptors (Lipinski definition) is 4. The van der Waals surface area contributed by atoms with Crippen LogP contribution in [0, 0.1) is 0 Å². The Labute approximate surface area is 98.7 Å². The minimum atomic E-state index is -2.84. The third-order valence-electron chi connectivity index (χ3n) is 2.85. The van der Waals surface area contributed by atoms with Crippen molar-refractivity contribution in [3.63, 3.8) is 0 Å². The standard InChI is InChI=1S/C11H23NO3S/c1-3-7-16(13,14)8-5-12-11-4-6-15-10(2)9-11/h10-12H,3-9H2,1-2H3. The topological polar surface area (TPSA) is 55.4 Å². The lowest BCUT2D eigenvalue weighted by molar-refractivity contribution is 0.0137. The second kappa shape index (κ2) is 6.57. The van der Waals surface area contributed by atoms with E-state index in [4.69, 9.17) is 4.74 Å². The van der Waals surface area contributed by atoms with E-state index >= 15 is 0 Å². The summed E-state index contributed by atoms with van der Waals surface area (Å²) >= 11 is 0. The van der Waals surface area contributed by atoms with E-state index < -0.39 is 9.84 Å². The molecule has 96 valence electrons. The summed E-state index contributed by atoms with van der Waals surface area (Å²) in [5.74, 6) is 0.561. The van der Waals surface area contributed by atoms with Crippen molar-refractivity contribution < 1.29 is 13.2 Å². The van der Waals surface area contributed by atoms with Gasteiger partial charge in [-0.05, 0) is 26.2 Å². The molecule has 1 heterocycles. The zero-order chi connectivity index (χ0) is 12.0. The Hall–Kier alpha value is -0.130. The molecular formula is C11H23NO3S. The molecule has 0 aromatic heterocycles. The maximum absolute atomic E-state index is 11.5. The van der Waals surface area contributed by atoms with Crippen molar-refractivity contribution in [1.82, 2.24) is 5.32 Å². The van der Waals surface area contributed by atoms with E-state index in [1.165, 1.54) is 0 Å². The molecule has 0 spiro atoms. The van der Waals surface area contributed by atoms with Gasteiger partial charge in [-0.25, -0.2) is 8.42 Å². The number of rotatable bonds is 6. The highest BCUT2D eigenvalue weighted by atomic mass is 32.2. The Kier molecular flexibility index (Phi) is 5.72. The molecule has 2 atom stereocenters. The van der Waals surface area contributed by atoms with Gasteiger partial charge in [0.25, 0.3) is 0 Å². The van der Waals surface area contributed by atoms with Crippen LogP contribution in [0.25, 0.3) is 0 Å². The molecule has 0 amide bonds. The van der Waals surface area contributed by atoms with E-state index in [-0.39, 0.29) is 5.75 Å². The Bertz CT molecular complexity index is 290.